The molecular formula is C17H20N6O3S. The molecule has 27 heavy (non-hydrogen) atoms. The van der Waals surface area contributed by atoms with Crippen LogP contribution in [0.15, 0.2) is 29.7 Å². The maximum absolute atomic E-state index is 11.2. The molecule has 2 heterocycles. The second kappa shape index (κ2) is 8.21. The van der Waals surface area contributed by atoms with E-state index in [1.807, 2.05) is 4.57 Å². The number of anilines is 1. The highest BCUT2D eigenvalue weighted by Gasteiger charge is 2.17. The molecule has 0 amide bonds. The van der Waals surface area contributed by atoms with Gasteiger partial charge in [-0.3, -0.25) is 10.1 Å². The van der Waals surface area contributed by atoms with Crippen LogP contribution in [0.5, 0.6) is 5.75 Å². The van der Waals surface area contributed by atoms with Gasteiger partial charge in [0.15, 0.2) is 22.4 Å². The van der Waals surface area contributed by atoms with Crippen molar-refractivity contribution in [3.05, 3.63) is 40.2 Å². The minimum Gasteiger partial charge on any atom is -0.490 e. The Hall–Kier alpha value is -2.88. The molecule has 0 radical (unpaired) electrons. The number of ether oxygens (including phenoxy) is 1. The number of hydrogen-bond acceptors (Lipinski definition) is 8. The topological polar surface area (TPSA) is 122 Å². The van der Waals surface area contributed by atoms with Crippen molar-refractivity contribution >= 4 is 34.4 Å². The second-order valence-electron chi connectivity index (χ2n) is 5.90. The Morgan fingerprint density at radius 1 is 1.37 bits per heavy atom. The summed E-state index contributed by atoms with van der Waals surface area (Å²) >= 11 is 1.55. The monoisotopic (exact) mass is 388 g/mol. The molecule has 0 saturated heterocycles. The number of nitro groups is 1. The van der Waals surface area contributed by atoms with Crippen molar-refractivity contribution in [2.75, 3.05) is 18.6 Å². The summed E-state index contributed by atoms with van der Waals surface area (Å²) in [6, 6.07) is 4.85. The van der Waals surface area contributed by atoms with Gasteiger partial charge in [0.2, 0.25) is 0 Å². The minimum absolute atomic E-state index is 0.0793. The summed E-state index contributed by atoms with van der Waals surface area (Å²) in [5, 5.41) is 11.8. The fraction of sp³-hybridized carbons (Fsp3) is 0.353. The van der Waals surface area contributed by atoms with E-state index >= 15 is 0 Å². The van der Waals surface area contributed by atoms with E-state index in [0.29, 0.717) is 28.7 Å². The zero-order chi connectivity index (χ0) is 19.4. The average molecular weight is 388 g/mol. The van der Waals surface area contributed by atoms with Gasteiger partial charge in [-0.1, -0.05) is 31.2 Å². The second-order valence-corrected chi connectivity index (χ2v) is 6.96. The normalized spacial score (nSPS) is 11.0. The number of methoxy groups -OCH3 is 1. The van der Waals surface area contributed by atoms with E-state index < -0.39 is 4.92 Å². The number of fused-ring (bicyclic) bond motifs is 1. The molecule has 0 spiro atoms. The Labute approximate surface area is 160 Å². The first kappa shape index (κ1) is 18.9. The molecule has 142 valence electrons. The van der Waals surface area contributed by atoms with Crippen molar-refractivity contribution in [2.24, 2.45) is 0 Å². The van der Waals surface area contributed by atoms with Gasteiger partial charge in [-0.15, -0.1) is 0 Å². The summed E-state index contributed by atoms with van der Waals surface area (Å²) in [6.45, 7) is 2.50. The van der Waals surface area contributed by atoms with Crippen LogP contribution in [0.2, 0.25) is 0 Å². The molecule has 1 aromatic carbocycles. The summed E-state index contributed by atoms with van der Waals surface area (Å²) in [6.07, 6.45) is 3.78. The van der Waals surface area contributed by atoms with Crippen molar-refractivity contribution < 1.29 is 9.66 Å². The summed E-state index contributed by atoms with van der Waals surface area (Å²) in [5.74, 6) is 1.47. The van der Waals surface area contributed by atoms with Crippen LogP contribution in [0.1, 0.15) is 25.3 Å². The predicted molar refractivity (Wildman–Crippen MR) is 104 cm³/mol. The van der Waals surface area contributed by atoms with Crippen LogP contribution in [0.25, 0.3) is 11.2 Å². The van der Waals surface area contributed by atoms with Crippen molar-refractivity contribution in [3.63, 3.8) is 0 Å². The highest BCUT2D eigenvalue weighted by atomic mass is 32.2. The molecule has 0 saturated carbocycles. The Morgan fingerprint density at radius 2 is 2.19 bits per heavy atom. The molecule has 2 aromatic heterocycles. The number of aromatic nitrogens is 4. The van der Waals surface area contributed by atoms with Gasteiger partial charge in [0.25, 0.3) is 0 Å². The number of benzene rings is 1. The van der Waals surface area contributed by atoms with Crippen molar-refractivity contribution in [1.29, 1.82) is 0 Å². The number of nitrogen functional groups attached to an aromatic ring is 1. The van der Waals surface area contributed by atoms with Gasteiger partial charge in [-0.05, 0) is 18.1 Å². The smallest absolute Gasteiger partial charge is 0.311 e. The van der Waals surface area contributed by atoms with Crippen LogP contribution in [0.4, 0.5) is 11.5 Å². The summed E-state index contributed by atoms with van der Waals surface area (Å²) in [5.41, 5.74) is 7.82. The Morgan fingerprint density at radius 3 is 2.89 bits per heavy atom. The molecule has 2 N–H and O–H groups in total. The van der Waals surface area contributed by atoms with E-state index in [0.717, 1.165) is 24.2 Å². The lowest BCUT2D eigenvalue weighted by atomic mass is 10.2. The number of hydrogen-bond donors (Lipinski definition) is 1. The van der Waals surface area contributed by atoms with Crippen LogP contribution in [-0.4, -0.2) is 37.3 Å². The largest absolute Gasteiger partial charge is 0.490 e. The molecule has 0 unspecified atom stereocenters. The molecule has 9 nitrogen and oxygen atoms in total. The van der Waals surface area contributed by atoms with Crippen molar-refractivity contribution in [2.45, 2.75) is 31.5 Å². The number of nitrogens with zero attached hydrogens (tertiary/aromatic N) is 5. The number of imidazole rings is 1. The lowest BCUT2D eigenvalue weighted by molar-refractivity contribution is -0.385. The predicted octanol–water partition coefficient (Wildman–Crippen LogP) is 3.27. The third kappa shape index (κ3) is 4.11. The number of nitrogens with two attached hydrogens (primary N) is 1. The summed E-state index contributed by atoms with van der Waals surface area (Å²) in [7, 11) is 1.41. The van der Waals surface area contributed by atoms with Crippen molar-refractivity contribution in [1.82, 2.24) is 19.5 Å². The third-order valence-electron chi connectivity index (χ3n) is 3.99. The third-order valence-corrected chi connectivity index (χ3v) is 4.93. The van der Waals surface area contributed by atoms with Crippen molar-refractivity contribution in [3.8, 4) is 5.75 Å². The molecule has 0 aliphatic rings. The van der Waals surface area contributed by atoms with Gasteiger partial charge >= 0.3 is 5.69 Å². The van der Waals surface area contributed by atoms with Crippen LogP contribution in [-0.2, 0) is 6.54 Å². The Balaban J connectivity index is 1.93. The molecule has 0 fully saturated rings. The summed E-state index contributed by atoms with van der Waals surface area (Å²) in [4.78, 5) is 23.9. The zero-order valence-corrected chi connectivity index (χ0v) is 15.9. The molecular weight excluding hydrogens is 368 g/mol. The quantitative estimate of drug-likeness (QED) is 0.205. The first-order valence-corrected chi connectivity index (χ1v) is 9.44. The number of unbranched alkanes of at least 4 members (excludes halogenated alkanes) is 1. The maximum atomic E-state index is 11.2. The van der Waals surface area contributed by atoms with Crippen LogP contribution in [0, 0.1) is 10.1 Å². The zero-order valence-electron chi connectivity index (χ0n) is 15.1. The SMILES string of the molecule is CCCCSc1nc(N)c2ncn(Cc3ccc(OC)c([N+](=O)[O-])c3)c2n1. The molecule has 0 bridgehead atoms. The number of rotatable bonds is 8. The number of thioether (sulfide) groups is 1. The molecule has 0 aliphatic carbocycles. The molecule has 3 rings (SSSR count). The summed E-state index contributed by atoms with van der Waals surface area (Å²) < 4.78 is 6.85. The van der Waals surface area contributed by atoms with E-state index in [-0.39, 0.29) is 11.4 Å². The van der Waals surface area contributed by atoms with Gasteiger partial charge in [0.05, 0.1) is 24.9 Å². The first-order chi connectivity index (χ1) is 13.0. The molecule has 0 aliphatic heterocycles. The van der Waals surface area contributed by atoms with Crippen LogP contribution >= 0.6 is 11.8 Å². The van der Waals surface area contributed by atoms with Crippen LogP contribution in [0.3, 0.4) is 0 Å². The highest BCUT2D eigenvalue weighted by Crippen LogP contribution is 2.28. The van der Waals surface area contributed by atoms with Gasteiger partial charge < -0.3 is 15.0 Å². The Kier molecular flexibility index (Phi) is 5.75. The average Bonchev–Trinajstić information content (AvgIpc) is 3.05. The van der Waals surface area contributed by atoms with E-state index in [2.05, 4.69) is 21.9 Å². The van der Waals surface area contributed by atoms with E-state index in [9.17, 15) is 10.1 Å². The van der Waals surface area contributed by atoms with Gasteiger partial charge in [0.1, 0.15) is 5.52 Å². The van der Waals surface area contributed by atoms with E-state index in [1.165, 1.54) is 13.2 Å². The van der Waals surface area contributed by atoms with Gasteiger partial charge in [-0.2, -0.15) is 0 Å². The Bertz CT molecular complexity index is 975. The standard InChI is InChI=1S/C17H20N6O3S/c1-3-4-7-27-17-20-15(18)14-16(21-17)22(10-19-14)9-11-5-6-13(26-2)12(8-11)23(24)25/h5-6,8,10H,3-4,7,9H2,1-2H3,(H2,18,20,21). The van der Waals surface area contributed by atoms with E-state index in [4.69, 9.17) is 10.5 Å². The first-order valence-electron chi connectivity index (χ1n) is 8.46. The maximum Gasteiger partial charge on any atom is 0.311 e. The highest BCUT2D eigenvalue weighted by molar-refractivity contribution is 7.99. The van der Waals surface area contributed by atoms with E-state index in [1.54, 1.807) is 30.2 Å². The van der Waals surface area contributed by atoms with Gasteiger partial charge in [-0.25, -0.2) is 15.0 Å². The molecule has 10 heteroatoms. The lowest BCUT2D eigenvalue weighted by Crippen LogP contribution is -2.03. The number of nitro benzene ring substituents is 1. The van der Waals surface area contributed by atoms with Gasteiger partial charge in [0, 0.05) is 11.8 Å². The minimum atomic E-state index is -0.461. The molecule has 3 aromatic rings. The fourth-order valence-corrected chi connectivity index (χ4v) is 3.54. The fourth-order valence-electron chi connectivity index (χ4n) is 2.61. The van der Waals surface area contributed by atoms with Crippen LogP contribution < -0.4 is 10.5 Å². The molecule has 0 atom stereocenters. The lowest BCUT2D eigenvalue weighted by Gasteiger charge is -2.07.